The maximum atomic E-state index is 3.50. The van der Waals surface area contributed by atoms with Crippen molar-refractivity contribution in [2.24, 2.45) is 0 Å². The molecule has 2 rings (SSSR count). The van der Waals surface area contributed by atoms with E-state index in [9.17, 15) is 0 Å². The van der Waals surface area contributed by atoms with Crippen LogP contribution in [0, 0.1) is 13.8 Å². The first-order valence-corrected chi connectivity index (χ1v) is 7.79. The van der Waals surface area contributed by atoms with E-state index in [1.807, 2.05) is 0 Å². The predicted molar refractivity (Wildman–Crippen MR) is 93.2 cm³/mol. The van der Waals surface area contributed by atoms with E-state index in [0.717, 1.165) is 19.6 Å². The van der Waals surface area contributed by atoms with E-state index < -0.39 is 0 Å². The molecule has 0 bridgehead atoms. The highest BCUT2D eigenvalue weighted by Crippen LogP contribution is 2.19. The van der Waals surface area contributed by atoms with Crippen molar-refractivity contribution in [3.63, 3.8) is 0 Å². The van der Waals surface area contributed by atoms with Gasteiger partial charge in [0.25, 0.3) is 0 Å². The van der Waals surface area contributed by atoms with Crippen molar-refractivity contribution in [3.05, 3.63) is 59.2 Å². The second-order valence-electron chi connectivity index (χ2n) is 5.50. The monoisotopic (exact) mass is 282 g/mol. The Morgan fingerprint density at radius 1 is 0.905 bits per heavy atom. The molecule has 0 fully saturated rings. The van der Waals surface area contributed by atoms with Crippen LogP contribution in [0.2, 0.25) is 0 Å². The molecule has 2 nitrogen and oxygen atoms in total. The van der Waals surface area contributed by atoms with Crippen LogP contribution in [-0.2, 0) is 6.54 Å². The van der Waals surface area contributed by atoms with Gasteiger partial charge in [-0.25, -0.2) is 0 Å². The third-order valence-corrected chi connectivity index (χ3v) is 3.98. The van der Waals surface area contributed by atoms with Gasteiger partial charge >= 0.3 is 0 Å². The van der Waals surface area contributed by atoms with Crippen LogP contribution in [-0.4, -0.2) is 13.1 Å². The van der Waals surface area contributed by atoms with E-state index >= 15 is 0 Å². The zero-order valence-corrected chi connectivity index (χ0v) is 13.6. The molecule has 0 aliphatic heterocycles. The van der Waals surface area contributed by atoms with Gasteiger partial charge in [-0.1, -0.05) is 23.8 Å². The Morgan fingerprint density at radius 3 is 2.14 bits per heavy atom. The summed E-state index contributed by atoms with van der Waals surface area (Å²) >= 11 is 0. The minimum atomic E-state index is 0.872. The molecule has 0 saturated heterocycles. The van der Waals surface area contributed by atoms with Crippen LogP contribution >= 0.6 is 0 Å². The van der Waals surface area contributed by atoms with Gasteiger partial charge in [-0.15, -0.1) is 0 Å². The lowest BCUT2D eigenvalue weighted by Crippen LogP contribution is -2.21. The Bertz CT molecular complexity index is 569. The summed E-state index contributed by atoms with van der Waals surface area (Å²) in [7, 11) is 0. The second kappa shape index (κ2) is 7.16. The van der Waals surface area contributed by atoms with Gasteiger partial charge in [-0.05, 0) is 63.1 Å². The van der Waals surface area contributed by atoms with E-state index in [0.29, 0.717) is 0 Å². The third-order valence-electron chi connectivity index (χ3n) is 3.98. The highest BCUT2D eigenvalue weighted by atomic mass is 15.1. The van der Waals surface area contributed by atoms with E-state index in [2.05, 4.69) is 80.4 Å². The summed E-state index contributed by atoms with van der Waals surface area (Å²) < 4.78 is 0. The van der Waals surface area contributed by atoms with Crippen molar-refractivity contribution in [1.82, 2.24) is 0 Å². The molecule has 0 radical (unpaired) electrons. The fraction of sp³-hybridized carbons (Fsp3) is 0.368. The normalized spacial score (nSPS) is 10.5. The maximum absolute atomic E-state index is 3.50. The molecule has 2 heteroatoms. The standard InChI is InChI=1S/C19H26N2/c1-5-21(6-2)19-11-9-18(10-12-19)20-14-17-8-7-15(3)13-16(17)4/h7-13,20H,5-6,14H2,1-4H3. The topological polar surface area (TPSA) is 15.3 Å². The van der Waals surface area contributed by atoms with Crippen molar-refractivity contribution in [1.29, 1.82) is 0 Å². The third kappa shape index (κ3) is 4.01. The zero-order chi connectivity index (χ0) is 15.2. The molecule has 0 aliphatic carbocycles. The molecule has 1 N–H and O–H groups in total. The molecule has 0 spiro atoms. The molecule has 0 saturated carbocycles. The number of anilines is 2. The summed E-state index contributed by atoms with van der Waals surface area (Å²) in [6.45, 7) is 11.7. The van der Waals surface area contributed by atoms with Crippen LogP contribution in [0.4, 0.5) is 11.4 Å². The Balaban J connectivity index is 2.00. The molecule has 112 valence electrons. The summed E-state index contributed by atoms with van der Waals surface area (Å²) in [6, 6.07) is 15.3. The number of hydrogen-bond donors (Lipinski definition) is 1. The van der Waals surface area contributed by atoms with E-state index in [1.54, 1.807) is 0 Å². The SMILES string of the molecule is CCN(CC)c1ccc(NCc2ccc(C)cc2C)cc1. The number of aryl methyl sites for hydroxylation is 2. The fourth-order valence-corrected chi connectivity index (χ4v) is 2.62. The molecule has 0 atom stereocenters. The molecule has 2 aromatic carbocycles. The van der Waals surface area contributed by atoms with E-state index in [4.69, 9.17) is 0 Å². The van der Waals surface area contributed by atoms with Crippen LogP contribution in [0.1, 0.15) is 30.5 Å². The smallest absolute Gasteiger partial charge is 0.0403 e. The quantitative estimate of drug-likeness (QED) is 0.821. The highest BCUT2D eigenvalue weighted by molar-refractivity contribution is 5.55. The summed E-state index contributed by atoms with van der Waals surface area (Å²) in [5.74, 6) is 0. The lowest BCUT2D eigenvalue weighted by Gasteiger charge is -2.21. The molecule has 2 aromatic rings. The summed E-state index contributed by atoms with van der Waals surface area (Å²) in [5.41, 5.74) is 6.48. The van der Waals surface area contributed by atoms with Crippen molar-refractivity contribution in [2.75, 3.05) is 23.3 Å². The van der Waals surface area contributed by atoms with Gasteiger partial charge in [-0.2, -0.15) is 0 Å². The average Bonchev–Trinajstić information content (AvgIpc) is 2.49. The van der Waals surface area contributed by atoms with Gasteiger partial charge in [-0.3, -0.25) is 0 Å². The van der Waals surface area contributed by atoms with Crippen LogP contribution in [0.15, 0.2) is 42.5 Å². The maximum Gasteiger partial charge on any atom is 0.0403 e. The average molecular weight is 282 g/mol. The number of nitrogens with zero attached hydrogens (tertiary/aromatic N) is 1. The second-order valence-corrected chi connectivity index (χ2v) is 5.50. The Morgan fingerprint density at radius 2 is 1.57 bits per heavy atom. The van der Waals surface area contributed by atoms with E-state index in [1.165, 1.54) is 28.1 Å². The van der Waals surface area contributed by atoms with Gasteiger partial charge in [0, 0.05) is 31.0 Å². The van der Waals surface area contributed by atoms with Crippen molar-refractivity contribution in [2.45, 2.75) is 34.2 Å². The molecule has 0 aliphatic rings. The largest absolute Gasteiger partial charge is 0.381 e. The summed E-state index contributed by atoms with van der Waals surface area (Å²) in [5, 5.41) is 3.50. The van der Waals surface area contributed by atoms with Gasteiger partial charge in [0.1, 0.15) is 0 Å². The number of benzene rings is 2. The van der Waals surface area contributed by atoms with E-state index in [-0.39, 0.29) is 0 Å². The first-order valence-electron chi connectivity index (χ1n) is 7.79. The minimum absolute atomic E-state index is 0.872. The van der Waals surface area contributed by atoms with Crippen LogP contribution < -0.4 is 10.2 Å². The number of hydrogen-bond acceptors (Lipinski definition) is 2. The van der Waals surface area contributed by atoms with Crippen molar-refractivity contribution in [3.8, 4) is 0 Å². The summed E-state index contributed by atoms with van der Waals surface area (Å²) in [6.07, 6.45) is 0. The van der Waals surface area contributed by atoms with Crippen LogP contribution in [0.3, 0.4) is 0 Å². The first-order chi connectivity index (χ1) is 10.1. The molecule has 0 amide bonds. The first kappa shape index (κ1) is 15.4. The summed E-state index contributed by atoms with van der Waals surface area (Å²) in [4.78, 5) is 2.36. The predicted octanol–water partition coefficient (Wildman–Crippen LogP) is 4.76. The molecule has 0 heterocycles. The molecule has 0 aromatic heterocycles. The van der Waals surface area contributed by atoms with Gasteiger partial charge in [0.2, 0.25) is 0 Å². The van der Waals surface area contributed by atoms with Crippen molar-refractivity contribution < 1.29 is 0 Å². The Labute approximate surface area is 128 Å². The number of rotatable bonds is 6. The fourth-order valence-electron chi connectivity index (χ4n) is 2.62. The van der Waals surface area contributed by atoms with Gasteiger partial charge < -0.3 is 10.2 Å². The molecule has 21 heavy (non-hydrogen) atoms. The zero-order valence-electron chi connectivity index (χ0n) is 13.6. The van der Waals surface area contributed by atoms with Gasteiger partial charge in [0.15, 0.2) is 0 Å². The Kier molecular flexibility index (Phi) is 5.26. The highest BCUT2D eigenvalue weighted by Gasteiger charge is 2.02. The van der Waals surface area contributed by atoms with Crippen molar-refractivity contribution >= 4 is 11.4 Å². The lowest BCUT2D eigenvalue weighted by molar-refractivity contribution is 0.866. The molecule has 0 unspecified atom stereocenters. The number of nitrogens with one attached hydrogen (secondary N) is 1. The minimum Gasteiger partial charge on any atom is -0.381 e. The lowest BCUT2D eigenvalue weighted by atomic mass is 10.1. The van der Waals surface area contributed by atoms with Crippen LogP contribution in [0.25, 0.3) is 0 Å². The molecular formula is C19H26N2. The van der Waals surface area contributed by atoms with Gasteiger partial charge in [0.05, 0.1) is 0 Å². The molecular weight excluding hydrogens is 256 g/mol. The van der Waals surface area contributed by atoms with Crippen LogP contribution in [0.5, 0.6) is 0 Å². The Hall–Kier alpha value is -1.96.